The van der Waals surface area contributed by atoms with Crippen molar-refractivity contribution in [3.05, 3.63) is 46.1 Å². The fourth-order valence-corrected chi connectivity index (χ4v) is 2.32. The van der Waals surface area contributed by atoms with Gasteiger partial charge in [0.1, 0.15) is 11.5 Å². The molecule has 22 heavy (non-hydrogen) atoms. The Kier molecular flexibility index (Phi) is 10.2. The van der Waals surface area contributed by atoms with Gasteiger partial charge in [0, 0.05) is 23.7 Å². The van der Waals surface area contributed by atoms with E-state index in [2.05, 4.69) is 24.3 Å². The van der Waals surface area contributed by atoms with Crippen LogP contribution in [0.15, 0.2) is 34.7 Å². The van der Waals surface area contributed by atoms with Crippen molar-refractivity contribution in [1.29, 1.82) is 0 Å². The molecule has 0 atom stereocenters. The summed E-state index contributed by atoms with van der Waals surface area (Å²) in [5.74, 6) is 1.65. The molecule has 0 bridgehead atoms. The third-order valence-electron chi connectivity index (χ3n) is 2.89. The first-order valence-corrected chi connectivity index (χ1v) is 7.21. The molecule has 0 unspecified atom stereocenters. The maximum absolute atomic E-state index is 6.17. The van der Waals surface area contributed by atoms with Gasteiger partial charge < -0.3 is 39.4 Å². The number of nitrogens with one attached hydrogen (secondary N) is 1. The van der Waals surface area contributed by atoms with Crippen LogP contribution in [-0.2, 0) is 6.54 Å². The molecule has 7 heteroatoms. The van der Waals surface area contributed by atoms with Gasteiger partial charge in [-0.3, -0.25) is 0 Å². The highest BCUT2D eigenvalue weighted by Gasteiger charge is 2.09. The fourth-order valence-electron chi connectivity index (χ4n) is 1.82. The predicted octanol–water partition coefficient (Wildman–Crippen LogP) is -2.09. The molecule has 2 rings (SSSR count). The molecule has 0 aliphatic rings. The Balaban J connectivity index is 0.00000220. The standard InChI is InChI=1S/C15H18Cl2N2O.2ClH/c1-19(2)8-7-18-10-12-4-6-15(20-12)13-5-3-11(16)9-14(13)17;;/h3-6,9,18H,7-8,10H2,1-2H3;2*1H/p-2. The van der Waals surface area contributed by atoms with Gasteiger partial charge >= 0.3 is 0 Å². The molecule has 0 amide bonds. The molecule has 0 fully saturated rings. The van der Waals surface area contributed by atoms with E-state index in [-0.39, 0.29) is 24.8 Å². The minimum absolute atomic E-state index is 0. The van der Waals surface area contributed by atoms with E-state index in [1.807, 2.05) is 18.2 Å². The van der Waals surface area contributed by atoms with Crippen molar-refractivity contribution >= 4 is 23.2 Å². The molecule has 3 nitrogen and oxygen atoms in total. The van der Waals surface area contributed by atoms with E-state index in [0.29, 0.717) is 16.6 Å². The van der Waals surface area contributed by atoms with Gasteiger partial charge in [0.05, 0.1) is 11.6 Å². The van der Waals surface area contributed by atoms with Gasteiger partial charge in [-0.2, -0.15) is 0 Å². The van der Waals surface area contributed by atoms with Crippen molar-refractivity contribution in [2.75, 3.05) is 27.2 Å². The molecular formula is C15H18Cl4N2O-2. The molecule has 1 heterocycles. The lowest BCUT2D eigenvalue weighted by Gasteiger charge is -2.09. The van der Waals surface area contributed by atoms with Gasteiger partial charge in [-0.15, -0.1) is 0 Å². The van der Waals surface area contributed by atoms with E-state index in [1.54, 1.807) is 12.1 Å². The highest BCUT2D eigenvalue weighted by atomic mass is 35.5. The smallest absolute Gasteiger partial charge is 0.135 e. The van der Waals surface area contributed by atoms with Crippen LogP contribution >= 0.6 is 23.2 Å². The third-order valence-corrected chi connectivity index (χ3v) is 3.44. The third kappa shape index (κ3) is 6.37. The molecule has 124 valence electrons. The van der Waals surface area contributed by atoms with E-state index in [9.17, 15) is 0 Å². The molecule has 2 aromatic rings. The fraction of sp³-hybridized carbons (Fsp3) is 0.333. The van der Waals surface area contributed by atoms with E-state index >= 15 is 0 Å². The summed E-state index contributed by atoms with van der Waals surface area (Å²) in [6.45, 7) is 2.63. The quantitative estimate of drug-likeness (QED) is 0.580. The summed E-state index contributed by atoms with van der Waals surface area (Å²) in [4.78, 5) is 2.13. The van der Waals surface area contributed by atoms with Gasteiger partial charge in [-0.1, -0.05) is 23.2 Å². The number of hydrogen-bond donors (Lipinski definition) is 1. The average Bonchev–Trinajstić information content (AvgIpc) is 2.83. The van der Waals surface area contributed by atoms with E-state index in [1.165, 1.54) is 0 Å². The van der Waals surface area contributed by atoms with Gasteiger partial charge in [0.15, 0.2) is 0 Å². The summed E-state index contributed by atoms with van der Waals surface area (Å²) in [5.41, 5.74) is 0.857. The van der Waals surface area contributed by atoms with Gasteiger partial charge in [0.2, 0.25) is 0 Å². The molecule has 0 aliphatic carbocycles. The second-order valence-electron chi connectivity index (χ2n) is 4.87. The van der Waals surface area contributed by atoms with Crippen LogP contribution in [0.25, 0.3) is 11.3 Å². The van der Waals surface area contributed by atoms with Crippen LogP contribution in [0.1, 0.15) is 5.76 Å². The van der Waals surface area contributed by atoms with Gasteiger partial charge in [0.25, 0.3) is 0 Å². The monoisotopic (exact) mass is 382 g/mol. The predicted molar refractivity (Wildman–Crippen MR) is 84.4 cm³/mol. The van der Waals surface area contributed by atoms with Crippen LogP contribution in [-0.4, -0.2) is 32.1 Å². The molecule has 0 spiro atoms. The Bertz CT molecular complexity index is 572. The van der Waals surface area contributed by atoms with Crippen molar-refractivity contribution < 1.29 is 29.2 Å². The summed E-state index contributed by atoms with van der Waals surface area (Å²) in [7, 11) is 4.10. The van der Waals surface area contributed by atoms with Crippen LogP contribution in [0.2, 0.25) is 10.0 Å². The van der Waals surface area contributed by atoms with Gasteiger partial charge in [-0.25, -0.2) is 0 Å². The Hall–Kier alpha value is -0.420. The molecule has 1 aromatic carbocycles. The minimum atomic E-state index is 0. The second-order valence-corrected chi connectivity index (χ2v) is 5.71. The molecule has 0 saturated carbocycles. The number of rotatable bonds is 6. The number of furan rings is 1. The Morgan fingerprint density at radius 2 is 1.82 bits per heavy atom. The van der Waals surface area contributed by atoms with Crippen molar-refractivity contribution in [1.82, 2.24) is 10.2 Å². The van der Waals surface area contributed by atoms with Crippen LogP contribution in [0.3, 0.4) is 0 Å². The number of benzene rings is 1. The van der Waals surface area contributed by atoms with Crippen LogP contribution in [0, 0.1) is 0 Å². The summed E-state index contributed by atoms with van der Waals surface area (Å²) in [6, 6.07) is 9.28. The molecule has 0 saturated heterocycles. The highest BCUT2D eigenvalue weighted by Crippen LogP contribution is 2.31. The van der Waals surface area contributed by atoms with Crippen molar-refractivity contribution in [3.8, 4) is 11.3 Å². The zero-order valence-corrected chi connectivity index (χ0v) is 15.4. The zero-order valence-electron chi connectivity index (χ0n) is 12.4. The van der Waals surface area contributed by atoms with Crippen molar-refractivity contribution in [2.45, 2.75) is 6.54 Å². The lowest BCUT2D eigenvalue weighted by Crippen LogP contribution is -3.00. The lowest BCUT2D eigenvalue weighted by molar-refractivity contribution is -0.001000. The van der Waals surface area contributed by atoms with Gasteiger partial charge in [-0.05, 0) is 44.4 Å². The maximum Gasteiger partial charge on any atom is 0.135 e. The first-order valence-electron chi connectivity index (χ1n) is 6.46. The lowest BCUT2D eigenvalue weighted by atomic mass is 10.2. The molecule has 0 aliphatic heterocycles. The van der Waals surface area contributed by atoms with Crippen molar-refractivity contribution in [3.63, 3.8) is 0 Å². The summed E-state index contributed by atoms with van der Waals surface area (Å²) >= 11 is 12.1. The maximum atomic E-state index is 6.17. The van der Waals surface area contributed by atoms with Crippen LogP contribution < -0.4 is 30.1 Å². The number of halogens is 4. The average molecular weight is 384 g/mol. The topological polar surface area (TPSA) is 28.4 Å². The first kappa shape index (κ1) is 21.6. The zero-order chi connectivity index (χ0) is 14.5. The summed E-state index contributed by atoms with van der Waals surface area (Å²) in [5, 5.41) is 4.55. The normalized spacial score (nSPS) is 10.2. The Labute approximate surface area is 153 Å². The van der Waals surface area contributed by atoms with E-state index in [0.717, 1.165) is 30.2 Å². The van der Waals surface area contributed by atoms with Crippen LogP contribution in [0.4, 0.5) is 0 Å². The Morgan fingerprint density at radius 1 is 1.09 bits per heavy atom. The number of likely N-dealkylation sites (N-methyl/N-ethyl adjacent to an activating group) is 1. The number of nitrogens with zero attached hydrogens (tertiary/aromatic N) is 1. The SMILES string of the molecule is CN(C)CCNCc1ccc(-c2ccc(Cl)cc2Cl)o1.[Cl-].[Cl-]. The molecule has 1 N–H and O–H groups in total. The summed E-state index contributed by atoms with van der Waals surface area (Å²) < 4.78 is 5.79. The van der Waals surface area contributed by atoms with E-state index < -0.39 is 0 Å². The van der Waals surface area contributed by atoms with Crippen molar-refractivity contribution in [2.24, 2.45) is 0 Å². The largest absolute Gasteiger partial charge is 1.00 e. The molecule has 0 radical (unpaired) electrons. The van der Waals surface area contributed by atoms with Crippen LogP contribution in [0.5, 0.6) is 0 Å². The van der Waals surface area contributed by atoms with E-state index in [4.69, 9.17) is 27.6 Å². The molecule has 1 aromatic heterocycles. The minimum Gasteiger partial charge on any atom is -1.00 e. The Morgan fingerprint density at radius 3 is 2.45 bits per heavy atom. The first-order chi connectivity index (χ1) is 9.56. The summed E-state index contributed by atoms with van der Waals surface area (Å²) in [6.07, 6.45) is 0. The molecular weight excluding hydrogens is 366 g/mol. The highest BCUT2D eigenvalue weighted by molar-refractivity contribution is 6.36. The second kappa shape index (κ2) is 10.4. The number of hydrogen-bond acceptors (Lipinski definition) is 3.